The Morgan fingerprint density at radius 2 is 1.92 bits per heavy atom. The summed E-state index contributed by atoms with van der Waals surface area (Å²) in [4.78, 5) is 29.1. The molecule has 1 fully saturated rings. The van der Waals surface area contributed by atoms with Crippen LogP contribution in [0.25, 0.3) is 0 Å². The number of nitrogens with zero attached hydrogens (tertiary/aromatic N) is 1. The second-order valence-electron chi connectivity index (χ2n) is 9.51. The van der Waals surface area contributed by atoms with Crippen LogP contribution in [0.1, 0.15) is 36.6 Å². The molecule has 3 aromatic carbocycles. The molecule has 0 saturated carbocycles. The summed E-state index contributed by atoms with van der Waals surface area (Å²) in [6.07, 6.45) is 0. The maximum atomic E-state index is 14.0. The molecule has 3 atom stereocenters. The zero-order chi connectivity index (χ0) is 26.3. The number of amides is 3. The minimum atomic E-state index is -1.37. The largest absolute Gasteiger partial charge is 0.497 e. The van der Waals surface area contributed by atoms with Gasteiger partial charge in [0.05, 0.1) is 25.4 Å². The Bertz CT molecular complexity index is 1370. The standard InChI is InChI=1S/C29H31N3O5/c1-6-36-23-12-8-11-21-25-24(27(33)30-22-14-13-17(2)15-18(22)3)29(4,37-26(21)23)32(28(34)31-25)19-9-7-10-20(16-19)35-5/h7-16,24-25H,6H2,1-5H3,(H,30,33)(H,31,34)/t24-,25+,29+/m1/s1. The van der Waals surface area contributed by atoms with Gasteiger partial charge >= 0.3 is 6.03 Å². The van der Waals surface area contributed by atoms with Crippen molar-refractivity contribution in [2.45, 2.75) is 39.5 Å². The summed E-state index contributed by atoms with van der Waals surface area (Å²) in [6, 6.07) is 17.5. The third kappa shape index (κ3) is 4.12. The molecule has 37 heavy (non-hydrogen) atoms. The topological polar surface area (TPSA) is 89.1 Å². The molecule has 0 aromatic heterocycles. The number of benzene rings is 3. The number of hydrogen-bond donors (Lipinski definition) is 2. The van der Waals surface area contributed by atoms with Gasteiger partial charge in [-0.05, 0) is 57.5 Å². The zero-order valence-electron chi connectivity index (χ0n) is 21.6. The van der Waals surface area contributed by atoms with Crippen molar-refractivity contribution in [2.24, 2.45) is 5.92 Å². The Morgan fingerprint density at radius 1 is 1.14 bits per heavy atom. The van der Waals surface area contributed by atoms with Crippen LogP contribution in [0.15, 0.2) is 60.7 Å². The molecule has 2 bridgehead atoms. The summed E-state index contributed by atoms with van der Waals surface area (Å²) in [6.45, 7) is 8.08. The van der Waals surface area contributed by atoms with Crippen LogP contribution in [0.5, 0.6) is 17.2 Å². The highest BCUT2D eigenvalue weighted by atomic mass is 16.5. The number of rotatable bonds is 6. The van der Waals surface area contributed by atoms with E-state index in [1.807, 2.05) is 57.2 Å². The van der Waals surface area contributed by atoms with Gasteiger partial charge in [-0.25, -0.2) is 4.79 Å². The van der Waals surface area contributed by atoms with E-state index in [1.54, 1.807) is 38.3 Å². The van der Waals surface area contributed by atoms with E-state index in [-0.39, 0.29) is 11.9 Å². The fraction of sp³-hybridized carbons (Fsp3) is 0.310. The second kappa shape index (κ2) is 9.35. The first-order valence-corrected chi connectivity index (χ1v) is 12.3. The predicted molar refractivity (Wildman–Crippen MR) is 141 cm³/mol. The van der Waals surface area contributed by atoms with Crippen LogP contribution >= 0.6 is 0 Å². The number of nitrogens with one attached hydrogen (secondary N) is 2. The zero-order valence-corrected chi connectivity index (χ0v) is 21.6. The summed E-state index contributed by atoms with van der Waals surface area (Å²) >= 11 is 0. The molecule has 3 amide bonds. The van der Waals surface area contributed by atoms with E-state index in [9.17, 15) is 9.59 Å². The van der Waals surface area contributed by atoms with E-state index in [2.05, 4.69) is 10.6 Å². The predicted octanol–water partition coefficient (Wildman–Crippen LogP) is 5.35. The van der Waals surface area contributed by atoms with Gasteiger partial charge in [-0.1, -0.05) is 35.9 Å². The highest BCUT2D eigenvalue weighted by Crippen LogP contribution is 2.52. The Labute approximate surface area is 216 Å². The number of hydrogen-bond acceptors (Lipinski definition) is 5. The first-order valence-electron chi connectivity index (χ1n) is 12.3. The van der Waals surface area contributed by atoms with Crippen molar-refractivity contribution in [2.75, 3.05) is 23.9 Å². The Hall–Kier alpha value is -4.20. The molecule has 0 radical (unpaired) electrons. The number of fused-ring (bicyclic) bond motifs is 4. The van der Waals surface area contributed by atoms with E-state index in [4.69, 9.17) is 14.2 Å². The van der Waals surface area contributed by atoms with Crippen LogP contribution < -0.4 is 29.7 Å². The second-order valence-corrected chi connectivity index (χ2v) is 9.51. The maximum Gasteiger partial charge on any atom is 0.325 e. The number of aryl methyl sites for hydroxylation is 2. The number of methoxy groups -OCH3 is 1. The molecule has 2 aliphatic rings. The van der Waals surface area contributed by atoms with Gasteiger partial charge in [-0.3, -0.25) is 9.69 Å². The summed E-state index contributed by atoms with van der Waals surface area (Å²) in [5.74, 6) is 0.603. The van der Waals surface area contributed by atoms with Gasteiger partial charge in [0.1, 0.15) is 11.7 Å². The van der Waals surface area contributed by atoms with Crippen molar-refractivity contribution in [1.82, 2.24) is 5.32 Å². The molecule has 8 nitrogen and oxygen atoms in total. The van der Waals surface area contributed by atoms with Crippen molar-refractivity contribution in [3.8, 4) is 17.2 Å². The van der Waals surface area contributed by atoms with Crippen LogP contribution in [-0.4, -0.2) is 31.4 Å². The lowest BCUT2D eigenvalue weighted by Gasteiger charge is -2.54. The Balaban J connectivity index is 1.65. The van der Waals surface area contributed by atoms with Crippen LogP contribution in [0.3, 0.4) is 0 Å². The van der Waals surface area contributed by atoms with Gasteiger partial charge in [0.2, 0.25) is 11.6 Å². The highest BCUT2D eigenvalue weighted by Gasteiger charge is 2.60. The molecule has 192 valence electrons. The fourth-order valence-corrected chi connectivity index (χ4v) is 5.34. The lowest BCUT2D eigenvalue weighted by atomic mass is 9.78. The van der Waals surface area contributed by atoms with Gasteiger partial charge in [0.15, 0.2) is 11.5 Å². The van der Waals surface area contributed by atoms with E-state index >= 15 is 0 Å². The van der Waals surface area contributed by atoms with Crippen LogP contribution in [0.2, 0.25) is 0 Å². The molecule has 1 saturated heterocycles. The lowest BCUT2D eigenvalue weighted by Crippen LogP contribution is -2.72. The molecule has 0 aliphatic carbocycles. The SMILES string of the molecule is CCOc1cccc2c1O[C@@]1(C)[C@@H](C(=O)Nc3ccc(C)cc3C)[C@H]2NC(=O)N1c1cccc(OC)c1. The van der Waals surface area contributed by atoms with Gasteiger partial charge in [-0.2, -0.15) is 0 Å². The van der Waals surface area contributed by atoms with E-state index in [0.29, 0.717) is 40.8 Å². The minimum absolute atomic E-state index is 0.264. The number of para-hydroxylation sites is 1. The fourth-order valence-electron chi connectivity index (χ4n) is 5.34. The van der Waals surface area contributed by atoms with Gasteiger partial charge in [-0.15, -0.1) is 0 Å². The number of ether oxygens (including phenoxy) is 3. The number of carbonyl (C=O) groups is 2. The normalized spacial score (nSPS) is 21.9. The van der Waals surface area contributed by atoms with Crippen LogP contribution in [-0.2, 0) is 4.79 Å². The number of carbonyl (C=O) groups excluding carboxylic acids is 2. The van der Waals surface area contributed by atoms with E-state index < -0.39 is 17.7 Å². The third-order valence-corrected chi connectivity index (χ3v) is 7.02. The van der Waals surface area contributed by atoms with Gasteiger partial charge in [0.25, 0.3) is 0 Å². The van der Waals surface area contributed by atoms with Gasteiger partial charge in [0, 0.05) is 17.3 Å². The van der Waals surface area contributed by atoms with Gasteiger partial charge < -0.3 is 24.8 Å². The van der Waals surface area contributed by atoms with E-state index in [1.165, 1.54) is 4.90 Å². The van der Waals surface area contributed by atoms with E-state index in [0.717, 1.165) is 11.1 Å². The molecular weight excluding hydrogens is 470 g/mol. The van der Waals surface area contributed by atoms with Crippen LogP contribution in [0.4, 0.5) is 16.2 Å². The molecule has 0 unspecified atom stereocenters. The summed E-state index contributed by atoms with van der Waals surface area (Å²) in [5.41, 5.74) is 2.64. The third-order valence-electron chi connectivity index (χ3n) is 7.02. The summed E-state index contributed by atoms with van der Waals surface area (Å²) < 4.78 is 17.9. The van der Waals surface area contributed by atoms with Crippen molar-refractivity contribution < 1.29 is 23.8 Å². The van der Waals surface area contributed by atoms with Crippen molar-refractivity contribution >= 4 is 23.3 Å². The molecule has 5 rings (SSSR count). The molecule has 2 aliphatic heterocycles. The van der Waals surface area contributed by atoms with Crippen molar-refractivity contribution in [3.63, 3.8) is 0 Å². The summed E-state index contributed by atoms with van der Waals surface area (Å²) in [7, 11) is 1.56. The minimum Gasteiger partial charge on any atom is -0.497 e. The Morgan fingerprint density at radius 3 is 2.65 bits per heavy atom. The average molecular weight is 502 g/mol. The first-order chi connectivity index (χ1) is 17.8. The molecule has 3 aromatic rings. The first kappa shape index (κ1) is 24.5. The van der Waals surface area contributed by atoms with Crippen molar-refractivity contribution in [3.05, 3.63) is 77.4 Å². The summed E-state index contributed by atoms with van der Waals surface area (Å²) in [5, 5.41) is 6.16. The number of anilines is 2. The number of urea groups is 1. The Kier molecular flexibility index (Phi) is 6.19. The van der Waals surface area contributed by atoms with Crippen LogP contribution in [0, 0.1) is 19.8 Å². The average Bonchev–Trinajstić information content (AvgIpc) is 2.86. The molecule has 2 heterocycles. The molecule has 8 heteroatoms. The molecule has 0 spiro atoms. The van der Waals surface area contributed by atoms with Crippen molar-refractivity contribution in [1.29, 1.82) is 0 Å². The highest BCUT2D eigenvalue weighted by molar-refractivity contribution is 6.02. The molecule has 2 N–H and O–H groups in total. The maximum absolute atomic E-state index is 14.0. The smallest absolute Gasteiger partial charge is 0.325 e. The quantitative estimate of drug-likeness (QED) is 0.476. The lowest BCUT2D eigenvalue weighted by molar-refractivity contribution is -0.131. The monoisotopic (exact) mass is 501 g/mol. The molecular formula is C29H31N3O5.